The SMILES string of the molecule is CCCCCCCCNC(=O)NCC1(C(=O)O)CC1. The molecule has 0 spiro atoms. The molecule has 0 aromatic rings. The largest absolute Gasteiger partial charge is 0.481 e. The Labute approximate surface area is 115 Å². The number of hydrogen-bond donors (Lipinski definition) is 3. The summed E-state index contributed by atoms with van der Waals surface area (Å²) in [6, 6.07) is -0.249. The summed E-state index contributed by atoms with van der Waals surface area (Å²) in [4.78, 5) is 22.4. The van der Waals surface area contributed by atoms with Gasteiger partial charge in [0.15, 0.2) is 0 Å². The molecule has 1 fully saturated rings. The van der Waals surface area contributed by atoms with Crippen LogP contribution in [-0.4, -0.2) is 30.2 Å². The van der Waals surface area contributed by atoms with Crippen molar-refractivity contribution in [3.8, 4) is 0 Å². The average molecular weight is 270 g/mol. The van der Waals surface area contributed by atoms with E-state index in [-0.39, 0.29) is 12.6 Å². The zero-order valence-electron chi connectivity index (χ0n) is 11.8. The van der Waals surface area contributed by atoms with Crippen molar-refractivity contribution in [1.82, 2.24) is 10.6 Å². The van der Waals surface area contributed by atoms with E-state index in [1.165, 1.54) is 25.7 Å². The minimum atomic E-state index is -0.802. The first-order valence-electron chi connectivity index (χ1n) is 7.36. The minimum Gasteiger partial charge on any atom is -0.481 e. The van der Waals surface area contributed by atoms with Gasteiger partial charge in [0, 0.05) is 13.1 Å². The lowest BCUT2D eigenvalue weighted by Crippen LogP contribution is -2.41. The first-order valence-corrected chi connectivity index (χ1v) is 7.36. The van der Waals surface area contributed by atoms with Gasteiger partial charge in [0.05, 0.1) is 5.41 Å². The summed E-state index contributed by atoms with van der Waals surface area (Å²) in [6.07, 6.45) is 8.47. The van der Waals surface area contributed by atoms with Gasteiger partial charge >= 0.3 is 12.0 Å². The summed E-state index contributed by atoms with van der Waals surface area (Å²) in [5, 5.41) is 14.4. The van der Waals surface area contributed by atoms with Crippen LogP contribution in [0, 0.1) is 5.41 Å². The second kappa shape index (κ2) is 8.02. The third kappa shape index (κ3) is 5.94. The molecule has 0 radical (unpaired) electrons. The summed E-state index contributed by atoms with van der Waals surface area (Å²) >= 11 is 0. The number of carboxylic acids is 1. The Bertz CT molecular complexity index is 301. The number of carboxylic acid groups (broad SMARTS) is 1. The van der Waals surface area contributed by atoms with Gasteiger partial charge in [-0.2, -0.15) is 0 Å². The van der Waals surface area contributed by atoms with Crippen LogP contribution in [0.5, 0.6) is 0 Å². The maximum atomic E-state index is 11.5. The smallest absolute Gasteiger partial charge is 0.314 e. The monoisotopic (exact) mass is 270 g/mol. The summed E-state index contributed by atoms with van der Waals surface area (Å²) in [6.45, 7) is 3.10. The average Bonchev–Trinajstić information content (AvgIpc) is 3.16. The molecule has 5 nitrogen and oxygen atoms in total. The highest BCUT2D eigenvalue weighted by molar-refractivity contribution is 5.80. The van der Waals surface area contributed by atoms with Gasteiger partial charge in [-0.15, -0.1) is 0 Å². The van der Waals surface area contributed by atoms with Crippen molar-refractivity contribution < 1.29 is 14.7 Å². The van der Waals surface area contributed by atoms with Crippen LogP contribution >= 0.6 is 0 Å². The Hall–Kier alpha value is -1.26. The zero-order chi connectivity index (χ0) is 14.1. The van der Waals surface area contributed by atoms with Gasteiger partial charge in [-0.3, -0.25) is 4.79 Å². The topological polar surface area (TPSA) is 78.4 Å². The van der Waals surface area contributed by atoms with E-state index in [9.17, 15) is 9.59 Å². The fourth-order valence-corrected chi connectivity index (χ4v) is 2.04. The number of nitrogens with one attached hydrogen (secondary N) is 2. The molecule has 0 atom stereocenters. The second-order valence-electron chi connectivity index (χ2n) is 5.46. The van der Waals surface area contributed by atoms with Gasteiger partial charge in [0.1, 0.15) is 0 Å². The number of unbranched alkanes of at least 4 members (excludes halogenated alkanes) is 5. The number of carbonyl (C=O) groups is 2. The lowest BCUT2D eigenvalue weighted by atomic mass is 10.1. The predicted octanol–water partition coefficient (Wildman–Crippen LogP) is 2.51. The van der Waals surface area contributed by atoms with Crippen LogP contribution in [0.4, 0.5) is 4.79 Å². The van der Waals surface area contributed by atoms with Crippen molar-refractivity contribution >= 4 is 12.0 Å². The molecule has 0 aromatic carbocycles. The normalized spacial score (nSPS) is 15.8. The molecule has 2 amide bonds. The van der Waals surface area contributed by atoms with E-state index in [1.807, 2.05) is 0 Å². The fraction of sp³-hybridized carbons (Fsp3) is 0.857. The molecule has 0 heterocycles. The third-order valence-corrected chi connectivity index (χ3v) is 3.71. The van der Waals surface area contributed by atoms with E-state index in [0.717, 1.165) is 12.8 Å². The van der Waals surface area contributed by atoms with E-state index in [0.29, 0.717) is 19.4 Å². The van der Waals surface area contributed by atoms with E-state index in [2.05, 4.69) is 17.6 Å². The van der Waals surface area contributed by atoms with Gasteiger partial charge in [-0.25, -0.2) is 4.79 Å². The fourth-order valence-electron chi connectivity index (χ4n) is 2.04. The molecule has 110 valence electrons. The van der Waals surface area contributed by atoms with Crippen LogP contribution < -0.4 is 10.6 Å². The molecule has 1 aliphatic carbocycles. The highest BCUT2D eigenvalue weighted by atomic mass is 16.4. The predicted molar refractivity (Wildman–Crippen MR) is 74.1 cm³/mol. The lowest BCUT2D eigenvalue weighted by molar-refractivity contribution is -0.143. The van der Waals surface area contributed by atoms with Crippen molar-refractivity contribution in [3.63, 3.8) is 0 Å². The number of amides is 2. The number of hydrogen-bond acceptors (Lipinski definition) is 2. The van der Waals surface area contributed by atoms with Crippen LogP contribution in [0.25, 0.3) is 0 Å². The second-order valence-corrected chi connectivity index (χ2v) is 5.46. The van der Waals surface area contributed by atoms with Crippen molar-refractivity contribution in [1.29, 1.82) is 0 Å². The number of rotatable bonds is 10. The van der Waals surface area contributed by atoms with E-state index < -0.39 is 11.4 Å². The molecule has 19 heavy (non-hydrogen) atoms. The van der Waals surface area contributed by atoms with Gasteiger partial charge in [-0.05, 0) is 19.3 Å². The molecule has 0 aliphatic heterocycles. The van der Waals surface area contributed by atoms with Gasteiger partial charge in [-0.1, -0.05) is 39.0 Å². The Kier molecular flexibility index (Phi) is 6.67. The van der Waals surface area contributed by atoms with E-state index in [1.54, 1.807) is 0 Å². The highest BCUT2D eigenvalue weighted by Crippen LogP contribution is 2.45. The zero-order valence-corrected chi connectivity index (χ0v) is 11.8. The number of carbonyl (C=O) groups excluding carboxylic acids is 1. The van der Waals surface area contributed by atoms with Crippen molar-refractivity contribution in [3.05, 3.63) is 0 Å². The first kappa shape index (κ1) is 15.8. The standard InChI is InChI=1S/C14H26N2O3/c1-2-3-4-5-6-7-10-15-13(19)16-11-14(8-9-14)12(17)18/h2-11H2,1H3,(H,17,18)(H2,15,16,19). The molecular formula is C14H26N2O3. The van der Waals surface area contributed by atoms with Gasteiger partial charge in [0.25, 0.3) is 0 Å². The Morgan fingerprint density at radius 2 is 1.68 bits per heavy atom. The summed E-state index contributed by atoms with van der Waals surface area (Å²) in [5.74, 6) is -0.802. The van der Waals surface area contributed by atoms with Crippen LogP contribution in [0.3, 0.4) is 0 Å². The lowest BCUT2D eigenvalue weighted by Gasteiger charge is -2.12. The van der Waals surface area contributed by atoms with Crippen LogP contribution in [0.15, 0.2) is 0 Å². The summed E-state index contributed by atoms with van der Waals surface area (Å²) in [5.41, 5.74) is -0.683. The molecule has 0 saturated heterocycles. The molecular weight excluding hydrogens is 244 g/mol. The number of aliphatic carboxylic acids is 1. The maximum absolute atomic E-state index is 11.5. The molecule has 5 heteroatoms. The molecule has 1 saturated carbocycles. The molecule has 0 bridgehead atoms. The summed E-state index contributed by atoms with van der Waals surface area (Å²) < 4.78 is 0. The molecule has 0 aromatic heterocycles. The van der Waals surface area contributed by atoms with Crippen LogP contribution in [0.1, 0.15) is 58.3 Å². The molecule has 1 rings (SSSR count). The van der Waals surface area contributed by atoms with Gasteiger partial charge < -0.3 is 15.7 Å². The Morgan fingerprint density at radius 1 is 1.05 bits per heavy atom. The third-order valence-electron chi connectivity index (χ3n) is 3.71. The van der Waals surface area contributed by atoms with Gasteiger partial charge in [0.2, 0.25) is 0 Å². The maximum Gasteiger partial charge on any atom is 0.314 e. The Balaban J connectivity index is 1.95. The molecule has 1 aliphatic rings. The highest BCUT2D eigenvalue weighted by Gasteiger charge is 2.50. The first-order chi connectivity index (χ1) is 9.10. The van der Waals surface area contributed by atoms with E-state index in [4.69, 9.17) is 5.11 Å². The van der Waals surface area contributed by atoms with Crippen LogP contribution in [-0.2, 0) is 4.79 Å². The van der Waals surface area contributed by atoms with E-state index >= 15 is 0 Å². The van der Waals surface area contributed by atoms with Crippen molar-refractivity contribution in [2.75, 3.05) is 13.1 Å². The van der Waals surface area contributed by atoms with Crippen molar-refractivity contribution in [2.24, 2.45) is 5.41 Å². The minimum absolute atomic E-state index is 0.241. The Morgan fingerprint density at radius 3 is 2.26 bits per heavy atom. The number of urea groups is 1. The molecule has 3 N–H and O–H groups in total. The molecule has 0 unspecified atom stereocenters. The van der Waals surface area contributed by atoms with Crippen LogP contribution in [0.2, 0.25) is 0 Å². The van der Waals surface area contributed by atoms with Crippen molar-refractivity contribution in [2.45, 2.75) is 58.3 Å². The summed E-state index contributed by atoms with van der Waals surface area (Å²) in [7, 11) is 0. The quantitative estimate of drug-likeness (QED) is 0.534.